The lowest BCUT2D eigenvalue weighted by molar-refractivity contribution is -0.139. The second-order valence-electron chi connectivity index (χ2n) is 3.23. The molecule has 0 aliphatic heterocycles. The lowest BCUT2D eigenvalue weighted by Crippen LogP contribution is -2.19. The predicted octanol–water partition coefficient (Wildman–Crippen LogP) is 2.60. The molecule has 76 valence electrons. The third kappa shape index (κ3) is 3.90. The Morgan fingerprint density at radius 3 is 2.77 bits per heavy atom. The van der Waals surface area contributed by atoms with E-state index in [0.717, 1.165) is 11.0 Å². The number of methoxy groups -OCH3 is 1. The van der Waals surface area contributed by atoms with E-state index in [1.807, 2.05) is 11.8 Å². The second kappa shape index (κ2) is 5.91. The van der Waals surface area contributed by atoms with Crippen LogP contribution in [0.5, 0.6) is 0 Å². The lowest BCUT2D eigenvalue weighted by atomic mass is 10.4. The fourth-order valence-electron chi connectivity index (χ4n) is 1.47. The summed E-state index contributed by atoms with van der Waals surface area (Å²) in [5.74, 6) is 0.669. The molecule has 0 N–H and O–H groups in total. The van der Waals surface area contributed by atoms with Crippen molar-refractivity contribution in [2.75, 3.05) is 12.9 Å². The van der Waals surface area contributed by atoms with E-state index in [1.165, 1.54) is 32.8 Å². The first-order chi connectivity index (χ1) is 6.24. The van der Waals surface area contributed by atoms with Crippen LogP contribution in [0.4, 0.5) is 0 Å². The number of hydrogen-bond donors (Lipinski definition) is 0. The van der Waals surface area contributed by atoms with Crippen molar-refractivity contribution in [2.24, 2.45) is 0 Å². The molecule has 0 aromatic carbocycles. The molecule has 0 aromatic heterocycles. The van der Waals surface area contributed by atoms with Crippen LogP contribution in [-0.4, -0.2) is 28.9 Å². The average molecular weight is 267 g/mol. The summed E-state index contributed by atoms with van der Waals surface area (Å²) in [6.07, 6.45) is 5.32. The number of carbonyl (C=O) groups is 1. The predicted molar refractivity (Wildman–Crippen MR) is 59.4 cm³/mol. The van der Waals surface area contributed by atoms with E-state index in [-0.39, 0.29) is 10.8 Å². The van der Waals surface area contributed by atoms with Crippen LogP contribution in [0.15, 0.2) is 0 Å². The zero-order valence-electron chi connectivity index (χ0n) is 7.79. The van der Waals surface area contributed by atoms with E-state index in [9.17, 15) is 4.79 Å². The molecule has 1 unspecified atom stereocenters. The van der Waals surface area contributed by atoms with Crippen LogP contribution in [0.3, 0.4) is 0 Å². The number of hydrogen-bond acceptors (Lipinski definition) is 3. The Morgan fingerprint density at radius 2 is 2.23 bits per heavy atom. The van der Waals surface area contributed by atoms with Gasteiger partial charge in [-0.25, -0.2) is 0 Å². The zero-order chi connectivity index (χ0) is 9.68. The van der Waals surface area contributed by atoms with E-state index < -0.39 is 0 Å². The van der Waals surface area contributed by atoms with Crippen molar-refractivity contribution in [1.82, 2.24) is 0 Å². The second-order valence-corrected chi connectivity index (χ2v) is 5.67. The molecule has 4 heteroatoms. The highest BCUT2D eigenvalue weighted by molar-refractivity contribution is 9.10. The molecule has 1 aliphatic carbocycles. The van der Waals surface area contributed by atoms with Gasteiger partial charge in [-0.1, -0.05) is 28.8 Å². The summed E-state index contributed by atoms with van der Waals surface area (Å²) in [5, 5.41) is 0.768. The van der Waals surface area contributed by atoms with Crippen LogP contribution in [-0.2, 0) is 9.53 Å². The molecular weight excluding hydrogens is 252 g/mol. The maximum Gasteiger partial charge on any atom is 0.320 e. The van der Waals surface area contributed by atoms with E-state index in [2.05, 4.69) is 20.7 Å². The molecule has 0 aromatic rings. The van der Waals surface area contributed by atoms with Crippen molar-refractivity contribution in [3.05, 3.63) is 0 Å². The third-order valence-electron chi connectivity index (χ3n) is 2.24. The highest BCUT2D eigenvalue weighted by Crippen LogP contribution is 2.30. The van der Waals surface area contributed by atoms with Crippen molar-refractivity contribution < 1.29 is 9.53 Å². The van der Waals surface area contributed by atoms with Gasteiger partial charge in [0.05, 0.1) is 7.11 Å². The molecule has 1 atom stereocenters. The van der Waals surface area contributed by atoms with Crippen LogP contribution in [0.2, 0.25) is 0 Å². The van der Waals surface area contributed by atoms with E-state index in [4.69, 9.17) is 0 Å². The Morgan fingerprint density at radius 1 is 1.62 bits per heavy atom. The standard InChI is InChI=1S/C9H15BrO2S/c1-12-9(11)8(10)6-13-7-4-2-3-5-7/h7-8H,2-6H2,1H3. The first-order valence-electron chi connectivity index (χ1n) is 4.57. The Bertz CT molecular complexity index is 169. The van der Waals surface area contributed by atoms with Crippen molar-refractivity contribution in [1.29, 1.82) is 0 Å². The maximum absolute atomic E-state index is 11.0. The van der Waals surface area contributed by atoms with Crippen molar-refractivity contribution >= 4 is 33.7 Å². The van der Waals surface area contributed by atoms with E-state index in [1.54, 1.807) is 0 Å². The summed E-state index contributed by atoms with van der Waals surface area (Å²) >= 11 is 5.20. The molecule has 1 fully saturated rings. The fourth-order valence-corrected chi connectivity index (χ4v) is 3.36. The van der Waals surface area contributed by atoms with Gasteiger partial charge in [0.25, 0.3) is 0 Å². The summed E-state index contributed by atoms with van der Waals surface area (Å²) in [6, 6.07) is 0. The highest BCUT2D eigenvalue weighted by atomic mass is 79.9. The number of esters is 1. The van der Waals surface area contributed by atoms with Gasteiger partial charge in [0, 0.05) is 11.0 Å². The molecule has 0 bridgehead atoms. The molecule has 0 radical (unpaired) electrons. The molecule has 0 saturated heterocycles. The van der Waals surface area contributed by atoms with Crippen molar-refractivity contribution in [2.45, 2.75) is 35.8 Å². The third-order valence-corrected chi connectivity index (χ3v) is 4.83. The number of ether oxygens (including phenoxy) is 1. The average Bonchev–Trinajstić information content (AvgIpc) is 2.65. The summed E-state index contributed by atoms with van der Waals surface area (Å²) in [6.45, 7) is 0. The molecule has 13 heavy (non-hydrogen) atoms. The first-order valence-corrected chi connectivity index (χ1v) is 6.54. The minimum atomic E-state index is -0.162. The summed E-state index contributed by atoms with van der Waals surface area (Å²) in [7, 11) is 1.43. The van der Waals surface area contributed by atoms with Crippen LogP contribution in [0.1, 0.15) is 25.7 Å². The number of halogens is 1. The Balaban J connectivity index is 2.13. The van der Waals surface area contributed by atoms with Gasteiger partial charge in [0.1, 0.15) is 4.83 Å². The summed E-state index contributed by atoms with van der Waals surface area (Å²) in [4.78, 5) is 10.9. The first kappa shape index (κ1) is 11.4. The minimum Gasteiger partial charge on any atom is -0.468 e. The van der Waals surface area contributed by atoms with Gasteiger partial charge in [-0.3, -0.25) is 4.79 Å². The Kier molecular flexibility index (Phi) is 5.17. The fraction of sp³-hybridized carbons (Fsp3) is 0.889. The van der Waals surface area contributed by atoms with Crippen LogP contribution >= 0.6 is 27.7 Å². The lowest BCUT2D eigenvalue weighted by Gasteiger charge is -2.11. The van der Waals surface area contributed by atoms with Gasteiger partial charge in [-0.2, -0.15) is 11.8 Å². The van der Waals surface area contributed by atoms with Crippen molar-refractivity contribution in [3.8, 4) is 0 Å². The van der Waals surface area contributed by atoms with Gasteiger partial charge < -0.3 is 4.74 Å². The Labute approximate surface area is 91.9 Å². The summed E-state index contributed by atoms with van der Waals surface area (Å²) < 4.78 is 4.63. The summed E-state index contributed by atoms with van der Waals surface area (Å²) in [5.41, 5.74) is 0. The molecule has 0 heterocycles. The topological polar surface area (TPSA) is 26.3 Å². The molecule has 1 aliphatic rings. The van der Waals surface area contributed by atoms with Crippen LogP contribution < -0.4 is 0 Å². The van der Waals surface area contributed by atoms with Crippen LogP contribution in [0, 0.1) is 0 Å². The monoisotopic (exact) mass is 266 g/mol. The number of rotatable bonds is 4. The van der Waals surface area contributed by atoms with Crippen LogP contribution in [0.25, 0.3) is 0 Å². The van der Waals surface area contributed by atoms with Gasteiger partial charge in [0.15, 0.2) is 0 Å². The number of thioether (sulfide) groups is 1. The van der Waals surface area contributed by atoms with Gasteiger partial charge in [-0.15, -0.1) is 0 Å². The normalized spacial score (nSPS) is 20.2. The largest absolute Gasteiger partial charge is 0.468 e. The Hall–Kier alpha value is 0.300. The van der Waals surface area contributed by atoms with Gasteiger partial charge >= 0.3 is 5.97 Å². The molecule has 1 rings (SSSR count). The van der Waals surface area contributed by atoms with E-state index in [0.29, 0.717) is 0 Å². The maximum atomic E-state index is 11.0. The van der Waals surface area contributed by atoms with Gasteiger partial charge in [0.2, 0.25) is 0 Å². The molecule has 0 spiro atoms. The molecular formula is C9H15BrO2S. The SMILES string of the molecule is COC(=O)C(Br)CSC1CCCC1. The number of carbonyl (C=O) groups excluding carboxylic acids is 1. The minimum absolute atomic E-state index is 0.136. The highest BCUT2D eigenvalue weighted by Gasteiger charge is 2.20. The quantitative estimate of drug-likeness (QED) is 0.578. The molecule has 0 amide bonds. The van der Waals surface area contributed by atoms with E-state index >= 15 is 0 Å². The van der Waals surface area contributed by atoms with Gasteiger partial charge in [-0.05, 0) is 12.8 Å². The smallest absolute Gasteiger partial charge is 0.320 e. The zero-order valence-corrected chi connectivity index (χ0v) is 10.2. The molecule has 1 saturated carbocycles. The molecule has 2 nitrogen and oxygen atoms in total. The number of alkyl halides is 1. The van der Waals surface area contributed by atoms with Crippen molar-refractivity contribution in [3.63, 3.8) is 0 Å².